The normalized spacial score (nSPS) is 23.4. The van der Waals surface area contributed by atoms with Crippen LogP contribution < -0.4 is 5.32 Å². The van der Waals surface area contributed by atoms with E-state index in [-0.39, 0.29) is 0 Å². The van der Waals surface area contributed by atoms with Crippen molar-refractivity contribution in [2.45, 2.75) is 65.5 Å². The predicted molar refractivity (Wildman–Crippen MR) is 89.8 cm³/mol. The van der Waals surface area contributed by atoms with E-state index in [1.807, 2.05) is 0 Å². The first-order valence-electron chi connectivity index (χ1n) is 8.57. The standard InChI is InChI=1S/C19H31NO/c1-5-11-20-18(16-10-12-21-19(16)6-2)13-17-14(3)8-7-9-15(17)4/h7-9,16,18-20H,5-6,10-13H2,1-4H3. The summed E-state index contributed by atoms with van der Waals surface area (Å²) < 4.78 is 5.93. The summed E-state index contributed by atoms with van der Waals surface area (Å²) in [6, 6.07) is 7.18. The van der Waals surface area contributed by atoms with Crippen LogP contribution in [0.15, 0.2) is 18.2 Å². The van der Waals surface area contributed by atoms with Gasteiger partial charge in [0.05, 0.1) is 6.10 Å². The van der Waals surface area contributed by atoms with E-state index in [2.05, 4.69) is 51.2 Å². The zero-order chi connectivity index (χ0) is 15.2. The van der Waals surface area contributed by atoms with Gasteiger partial charge in [-0.05, 0) is 62.8 Å². The van der Waals surface area contributed by atoms with Gasteiger partial charge in [0.2, 0.25) is 0 Å². The van der Waals surface area contributed by atoms with Crippen molar-refractivity contribution in [2.75, 3.05) is 13.2 Å². The summed E-state index contributed by atoms with van der Waals surface area (Å²) >= 11 is 0. The number of hydrogen-bond donors (Lipinski definition) is 1. The lowest BCUT2D eigenvalue weighted by molar-refractivity contribution is 0.0774. The van der Waals surface area contributed by atoms with Crippen molar-refractivity contribution in [2.24, 2.45) is 5.92 Å². The molecule has 3 atom stereocenters. The molecule has 1 saturated heterocycles. The minimum Gasteiger partial charge on any atom is -0.378 e. The average Bonchev–Trinajstić information content (AvgIpc) is 2.94. The summed E-state index contributed by atoms with van der Waals surface area (Å²) in [5.74, 6) is 0.653. The summed E-state index contributed by atoms with van der Waals surface area (Å²) in [5, 5.41) is 3.80. The fraction of sp³-hybridized carbons (Fsp3) is 0.684. The Balaban J connectivity index is 2.16. The van der Waals surface area contributed by atoms with Crippen LogP contribution in [0.1, 0.15) is 49.8 Å². The summed E-state index contributed by atoms with van der Waals surface area (Å²) in [4.78, 5) is 0. The van der Waals surface area contributed by atoms with Crippen molar-refractivity contribution in [3.8, 4) is 0 Å². The summed E-state index contributed by atoms with van der Waals surface area (Å²) in [6.07, 6.45) is 5.08. The highest BCUT2D eigenvalue weighted by Crippen LogP contribution is 2.29. The van der Waals surface area contributed by atoms with Gasteiger partial charge in [-0.15, -0.1) is 0 Å². The van der Waals surface area contributed by atoms with Crippen molar-refractivity contribution >= 4 is 0 Å². The van der Waals surface area contributed by atoms with E-state index in [0.29, 0.717) is 18.1 Å². The molecule has 1 aliphatic heterocycles. The molecule has 0 radical (unpaired) electrons. The Morgan fingerprint density at radius 2 is 1.95 bits per heavy atom. The van der Waals surface area contributed by atoms with Crippen LogP contribution in [0.4, 0.5) is 0 Å². The molecule has 0 amide bonds. The molecule has 1 aliphatic rings. The third kappa shape index (κ3) is 4.08. The highest BCUT2D eigenvalue weighted by Gasteiger charge is 2.33. The Bertz CT molecular complexity index is 423. The van der Waals surface area contributed by atoms with Crippen molar-refractivity contribution in [3.63, 3.8) is 0 Å². The maximum Gasteiger partial charge on any atom is 0.0616 e. The van der Waals surface area contributed by atoms with E-state index in [1.54, 1.807) is 0 Å². The Morgan fingerprint density at radius 1 is 1.24 bits per heavy atom. The minimum absolute atomic E-state index is 0.434. The van der Waals surface area contributed by atoms with Gasteiger partial charge >= 0.3 is 0 Å². The molecule has 1 aromatic rings. The lowest BCUT2D eigenvalue weighted by Crippen LogP contribution is -2.42. The molecule has 21 heavy (non-hydrogen) atoms. The third-order valence-corrected chi connectivity index (χ3v) is 4.90. The fourth-order valence-electron chi connectivity index (χ4n) is 3.64. The zero-order valence-corrected chi connectivity index (χ0v) is 14.1. The molecular formula is C19H31NO. The molecular weight excluding hydrogens is 258 g/mol. The Labute approximate surface area is 130 Å². The maximum absolute atomic E-state index is 5.93. The molecule has 1 heterocycles. The third-order valence-electron chi connectivity index (χ3n) is 4.90. The number of hydrogen-bond acceptors (Lipinski definition) is 2. The van der Waals surface area contributed by atoms with Crippen LogP contribution in [0, 0.1) is 19.8 Å². The summed E-state index contributed by atoms with van der Waals surface area (Å²) in [5.41, 5.74) is 4.36. The molecule has 0 bridgehead atoms. The molecule has 3 unspecified atom stereocenters. The predicted octanol–water partition coefficient (Wildman–Crippen LogP) is 4.03. The van der Waals surface area contributed by atoms with Crippen molar-refractivity contribution in [1.82, 2.24) is 5.32 Å². The van der Waals surface area contributed by atoms with E-state index in [1.165, 1.54) is 29.5 Å². The lowest BCUT2D eigenvalue weighted by atomic mass is 9.85. The van der Waals surface area contributed by atoms with E-state index in [4.69, 9.17) is 4.74 Å². The van der Waals surface area contributed by atoms with E-state index in [0.717, 1.165) is 26.0 Å². The monoisotopic (exact) mass is 289 g/mol. The summed E-state index contributed by atoms with van der Waals surface area (Å²) in [6.45, 7) is 11.0. The molecule has 0 aliphatic carbocycles. The number of rotatable bonds is 7. The van der Waals surface area contributed by atoms with Gasteiger partial charge in [-0.25, -0.2) is 0 Å². The van der Waals surface area contributed by atoms with Gasteiger partial charge < -0.3 is 10.1 Å². The molecule has 0 aromatic heterocycles. The van der Waals surface area contributed by atoms with E-state index in [9.17, 15) is 0 Å². The molecule has 2 nitrogen and oxygen atoms in total. The molecule has 0 spiro atoms. The van der Waals surface area contributed by atoms with Crippen molar-refractivity contribution < 1.29 is 4.74 Å². The van der Waals surface area contributed by atoms with Gasteiger partial charge in [0.15, 0.2) is 0 Å². The first-order chi connectivity index (χ1) is 10.2. The highest BCUT2D eigenvalue weighted by molar-refractivity contribution is 5.34. The van der Waals surface area contributed by atoms with Gasteiger partial charge in [-0.3, -0.25) is 0 Å². The van der Waals surface area contributed by atoms with Gasteiger partial charge in [0, 0.05) is 18.6 Å². The van der Waals surface area contributed by atoms with Gasteiger partial charge in [-0.1, -0.05) is 32.0 Å². The lowest BCUT2D eigenvalue weighted by Gasteiger charge is -2.29. The van der Waals surface area contributed by atoms with Gasteiger partial charge in [-0.2, -0.15) is 0 Å². The zero-order valence-electron chi connectivity index (χ0n) is 14.1. The number of benzene rings is 1. The van der Waals surface area contributed by atoms with Crippen molar-refractivity contribution in [3.05, 3.63) is 34.9 Å². The van der Waals surface area contributed by atoms with Crippen LogP contribution >= 0.6 is 0 Å². The first kappa shape index (κ1) is 16.5. The quantitative estimate of drug-likeness (QED) is 0.818. The largest absolute Gasteiger partial charge is 0.378 e. The van der Waals surface area contributed by atoms with Gasteiger partial charge in [0.1, 0.15) is 0 Å². The Kier molecular flexibility index (Phi) is 6.25. The van der Waals surface area contributed by atoms with Crippen LogP contribution in [-0.4, -0.2) is 25.3 Å². The highest BCUT2D eigenvalue weighted by atomic mass is 16.5. The topological polar surface area (TPSA) is 21.3 Å². The Morgan fingerprint density at radius 3 is 2.57 bits per heavy atom. The molecule has 1 N–H and O–H groups in total. The van der Waals surface area contributed by atoms with Crippen LogP contribution in [0.25, 0.3) is 0 Å². The molecule has 2 rings (SSSR count). The number of ether oxygens (including phenoxy) is 1. The van der Waals surface area contributed by atoms with Crippen LogP contribution in [0.5, 0.6) is 0 Å². The second-order valence-corrected chi connectivity index (χ2v) is 6.41. The van der Waals surface area contributed by atoms with Crippen LogP contribution in [0.2, 0.25) is 0 Å². The molecule has 0 saturated carbocycles. The second-order valence-electron chi connectivity index (χ2n) is 6.41. The summed E-state index contributed by atoms with van der Waals surface area (Å²) in [7, 11) is 0. The number of aryl methyl sites for hydroxylation is 2. The molecule has 118 valence electrons. The van der Waals surface area contributed by atoms with Gasteiger partial charge in [0.25, 0.3) is 0 Å². The Hall–Kier alpha value is -0.860. The number of nitrogens with one attached hydrogen (secondary N) is 1. The van der Waals surface area contributed by atoms with Crippen LogP contribution in [0.3, 0.4) is 0 Å². The SMILES string of the molecule is CCCNC(Cc1c(C)cccc1C)C1CCOC1CC. The first-order valence-corrected chi connectivity index (χ1v) is 8.57. The van der Waals surface area contributed by atoms with E-state index < -0.39 is 0 Å². The van der Waals surface area contributed by atoms with Crippen molar-refractivity contribution in [1.29, 1.82) is 0 Å². The minimum atomic E-state index is 0.434. The smallest absolute Gasteiger partial charge is 0.0616 e. The van der Waals surface area contributed by atoms with E-state index >= 15 is 0 Å². The molecule has 1 fully saturated rings. The average molecular weight is 289 g/mol. The fourth-order valence-corrected chi connectivity index (χ4v) is 3.64. The van der Waals surface area contributed by atoms with Crippen LogP contribution in [-0.2, 0) is 11.2 Å². The second kappa shape index (κ2) is 7.95. The molecule has 2 heteroatoms. The molecule has 1 aromatic carbocycles. The maximum atomic E-state index is 5.93.